The van der Waals surface area contributed by atoms with Crippen molar-refractivity contribution in [2.75, 3.05) is 16.8 Å². The highest BCUT2D eigenvalue weighted by Gasteiger charge is 2.34. The molecule has 1 atom stereocenters. The summed E-state index contributed by atoms with van der Waals surface area (Å²) in [5, 5.41) is 11.6. The standard InChI is InChI=1S/C20H18ClF3N2O3/c21-15-11-13(20(22,23)24)4-7-16(15)25-17-9-10-26(19(17)29)14-5-1-12(2-6-14)3-8-18(27)28/h1-2,4-7,11,17,25H,3,8-10H2,(H,27,28). The molecule has 29 heavy (non-hydrogen) atoms. The molecule has 5 nitrogen and oxygen atoms in total. The third kappa shape index (κ3) is 5.00. The van der Waals surface area contributed by atoms with E-state index in [4.69, 9.17) is 16.7 Å². The van der Waals surface area contributed by atoms with E-state index in [9.17, 15) is 22.8 Å². The van der Waals surface area contributed by atoms with Crippen molar-refractivity contribution < 1.29 is 27.9 Å². The van der Waals surface area contributed by atoms with E-state index in [1.54, 1.807) is 29.2 Å². The molecule has 1 aliphatic rings. The van der Waals surface area contributed by atoms with Gasteiger partial charge in [0.25, 0.3) is 0 Å². The smallest absolute Gasteiger partial charge is 0.416 e. The number of hydrogen-bond donors (Lipinski definition) is 2. The lowest BCUT2D eigenvalue weighted by Gasteiger charge is -2.19. The molecule has 2 aromatic rings. The fourth-order valence-electron chi connectivity index (χ4n) is 3.16. The minimum absolute atomic E-state index is 0.0296. The van der Waals surface area contributed by atoms with Gasteiger partial charge in [-0.1, -0.05) is 23.7 Å². The molecule has 1 aliphatic heterocycles. The number of rotatable bonds is 6. The van der Waals surface area contributed by atoms with Gasteiger partial charge in [0.05, 0.1) is 16.3 Å². The van der Waals surface area contributed by atoms with Gasteiger partial charge in [-0.25, -0.2) is 0 Å². The Balaban J connectivity index is 1.66. The first-order chi connectivity index (χ1) is 13.6. The molecular weight excluding hydrogens is 409 g/mol. The molecule has 154 valence electrons. The lowest BCUT2D eigenvalue weighted by atomic mass is 10.1. The first-order valence-corrected chi connectivity index (χ1v) is 9.28. The molecule has 9 heteroatoms. The number of aryl methyl sites for hydroxylation is 1. The number of nitrogens with one attached hydrogen (secondary N) is 1. The van der Waals surface area contributed by atoms with Crippen molar-refractivity contribution in [2.24, 2.45) is 0 Å². The molecule has 0 saturated carbocycles. The largest absolute Gasteiger partial charge is 0.481 e. The first-order valence-electron chi connectivity index (χ1n) is 8.90. The molecule has 1 fully saturated rings. The van der Waals surface area contributed by atoms with Crippen LogP contribution in [0.15, 0.2) is 42.5 Å². The zero-order valence-corrected chi connectivity index (χ0v) is 15.9. The number of halogens is 4. The van der Waals surface area contributed by atoms with Crippen molar-refractivity contribution in [3.8, 4) is 0 Å². The average molecular weight is 427 g/mol. The third-order valence-electron chi connectivity index (χ3n) is 4.71. The normalized spacial score (nSPS) is 16.9. The number of carboxylic acid groups (broad SMARTS) is 1. The maximum absolute atomic E-state index is 12.8. The van der Waals surface area contributed by atoms with Crippen LogP contribution in [0.2, 0.25) is 5.02 Å². The van der Waals surface area contributed by atoms with Crippen LogP contribution in [0.1, 0.15) is 24.0 Å². The minimum atomic E-state index is -4.49. The number of alkyl halides is 3. The number of carboxylic acids is 1. The van der Waals surface area contributed by atoms with Crippen LogP contribution in [0.3, 0.4) is 0 Å². The Kier molecular flexibility index (Phi) is 6.02. The maximum atomic E-state index is 12.8. The molecule has 1 saturated heterocycles. The van der Waals surface area contributed by atoms with Crippen LogP contribution in [0.4, 0.5) is 24.5 Å². The van der Waals surface area contributed by atoms with Gasteiger partial charge in [-0.3, -0.25) is 9.59 Å². The van der Waals surface area contributed by atoms with E-state index >= 15 is 0 Å². The summed E-state index contributed by atoms with van der Waals surface area (Å²) in [6, 6.07) is 9.43. The second kappa shape index (κ2) is 8.32. The molecule has 0 radical (unpaired) electrons. The van der Waals surface area contributed by atoms with Gasteiger partial charge in [0.1, 0.15) is 6.04 Å². The maximum Gasteiger partial charge on any atom is 0.416 e. The summed E-state index contributed by atoms with van der Waals surface area (Å²) in [4.78, 5) is 24.9. The summed E-state index contributed by atoms with van der Waals surface area (Å²) >= 11 is 5.96. The van der Waals surface area contributed by atoms with Crippen LogP contribution < -0.4 is 10.2 Å². The van der Waals surface area contributed by atoms with Crippen LogP contribution in [0, 0.1) is 0 Å². The van der Waals surface area contributed by atoms with Crippen LogP contribution >= 0.6 is 11.6 Å². The highest BCUT2D eigenvalue weighted by atomic mass is 35.5. The van der Waals surface area contributed by atoms with E-state index in [-0.39, 0.29) is 23.0 Å². The number of nitrogens with zero attached hydrogens (tertiary/aromatic N) is 1. The fraction of sp³-hybridized carbons (Fsp3) is 0.300. The quantitative estimate of drug-likeness (QED) is 0.708. The molecule has 0 aromatic heterocycles. The Morgan fingerprint density at radius 1 is 1.21 bits per heavy atom. The summed E-state index contributed by atoms with van der Waals surface area (Å²) in [7, 11) is 0. The average Bonchev–Trinajstić information content (AvgIpc) is 3.01. The van der Waals surface area contributed by atoms with Crippen LogP contribution in [-0.2, 0) is 22.2 Å². The molecule has 3 rings (SSSR count). The lowest BCUT2D eigenvalue weighted by Crippen LogP contribution is -2.33. The monoisotopic (exact) mass is 426 g/mol. The van der Waals surface area contributed by atoms with Crippen molar-refractivity contribution >= 4 is 34.9 Å². The number of anilines is 2. The number of carbonyl (C=O) groups is 2. The summed E-state index contributed by atoms with van der Waals surface area (Å²) < 4.78 is 38.3. The Morgan fingerprint density at radius 2 is 1.90 bits per heavy atom. The zero-order chi connectivity index (χ0) is 21.2. The van der Waals surface area contributed by atoms with Gasteiger partial charge in [0.2, 0.25) is 5.91 Å². The molecule has 0 aliphatic carbocycles. The van der Waals surface area contributed by atoms with Crippen molar-refractivity contribution in [1.29, 1.82) is 0 Å². The van der Waals surface area contributed by atoms with E-state index in [1.165, 1.54) is 6.07 Å². The molecule has 0 spiro atoms. The number of hydrogen-bond acceptors (Lipinski definition) is 3. The topological polar surface area (TPSA) is 69.6 Å². The van der Waals surface area contributed by atoms with E-state index in [1.807, 2.05) is 0 Å². The van der Waals surface area contributed by atoms with Crippen LogP contribution in [0.25, 0.3) is 0 Å². The van der Waals surface area contributed by atoms with Crippen LogP contribution in [-0.4, -0.2) is 29.6 Å². The Hall–Kier alpha value is -2.74. The summed E-state index contributed by atoms with van der Waals surface area (Å²) in [5.74, 6) is -1.08. The number of carbonyl (C=O) groups excluding carboxylic acids is 1. The summed E-state index contributed by atoms with van der Waals surface area (Å²) in [6.07, 6.45) is -3.59. The minimum Gasteiger partial charge on any atom is -0.481 e. The highest BCUT2D eigenvalue weighted by molar-refractivity contribution is 6.33. The zero-order valence-electron chi connectivity index (χ0n) is 15.2. The Morgan fingerprint density at radius 3 is 2.48 bits per heavy atom. The van der Waals surface area contributed by atoms with Crippen LogP contribution in [0.5, 0.6) is 0 Å². The highest BCUT2D eigenvalue weighted by Crippen LogP contribution is 2.34. The molecule has 2 N–H and O–H groups in total. The Labute approximate surface area is 170 Å². The first kappa shape index (κ1) is 21.0. The summed E-state index contributed by atoms with van der Waals surface area (Å²) in [6.45, 7) is 0.448. The van der Waals surface area contributed by atoms with Crippen molar-refractivity contribution in [1.82, 2.24) is 0 Å². The van der Waals surface area contributed by atoms with Crippen molar-refractivity contribution in [3.63, 3.8) is 0 Å². The van der Waals surface area contributed by atoms with E-state index in [2.05, 4.69) is 5.32 Å². The number of aliphatic carboxylic acids is 1. The SMILES string of the molecule is O=C(O)CCc1ccc(N2CCC(Nc3ccc(C(F)(F)F)cc3Cl)C2=O)cc1. The van der Waals surface area contributed by atoms with E-state index in [0.717, 1.165) is 17.7 Å². The number of amides is 1. The lowest BCUT2D eigenvalue weighted by molar-refractivity contribution is -0.138. The van der Waals surface area contributed by atoms with E-state index < -0.39 is 23.8 Å². The molecule has 2 aromatic carbocycles. The van der Waals surface area contributed by atoms with Gasteiger partial charge in [-0.15, -0.1) is 0 Å². The number of benzene rings is 2. The van der Waals surface area contributed by atoms with Gasteiger partial charge in [-0.05, 0) is 48.7 Å². The third-order valence-corrected chi connectivity index (χ3v) is 5.02. The van der Waals surface area contributed by atoms with E-state index in [0.29, 0.717) is 25.1 Å². The van der Waals surface area contributed by atoms with Gasteiger partial charge in [-0.2, -0.15) is 13.2 Å². The summed E-state index contributed by atoms with van der Waals surface area (Å²) in [5.41, 5.74) is 0.949. The molecule has 0 bridgehead atoms. The second-order valence-corrected chi connectivity index (χ2v) is 7.14. The predicted octanol–water partition coefficient (Wildman–Crippen LogP) is 4.59. The molecular formula is C20H18ClF3N2O3. The van der Waals surface area contributed by atoms with Gasteiger partial charge >= 0.3 is 12.1 Å². The molecule has 1 amide bonds. The predicted molar refractivity (Wildman–Crippen MR) is 103 cm³/mol. The van der Waals surface area contributed by atoms with Gasteiger partial charge < -0.3 is 15.3 Å². The van der Waals surface area contributed by atoms with Gasteiger partial charge in [0, 0.05) is 18.7 Å². The van der Waals surface area contributed by atoms with Crippen molar-refractivity contribution in [2.45, 2.75) is 31.5 Å². The fourth-order valence-corrected chi connectivity index (χ4v) is 3.40. The van der Waals surface area contributed by atoms with Gasteiger partial charge in [0.15, 0.2) is 0 Å². The van der Waals surface area contributed by atoms with Crippen molar-refractivity contribution in [3.05, 3.63) is 58.6 Å². The molecule has 1 unspecified atom stereocenters. The molecule has 1 heterocycles. The second-order valence-electron chi connectivity index (χ2n) is 6.73. The Bertz CT molecular complexity index is 916.